The number of ketones is 1. The topological polar surface area (TPSA) is 283 Å². The van der Waals surface area contributed by atoms with Crippen LogP contribution in [0, 0.1) is 0 Å². The Hall–Kier alpha value is -7.59. The number of rotatable bonds is 21. The minimum atomic E-state index is -4.69. The standard InChI is InChI=1S/C41H43N13O7S/c1-25(55)27-8-15-31(16-9-27)46-40-51-37(44-21-23-61-3)52-41(54-40)48-33-19-10-28(34(24-33)62(57,58)59)7-4-26-5-13-30(14-6-26)45-38-49-36(43-20-22-60-2)50-39(53-38)47-32-17-11-29(12-18-32)35(42)56/h4-19,24H,20-23H2,1-3H3,(H2,42,56)(H,57,58,59)(H3,43,45,47,49,50,53)(H3,44,46,48,51,52,54)/b7-4+. The number of hydrogen-bond acceptors (Lipinski definition) is 18. The van der Waals surface area contributed by atoms with E-state index in [-0.39, 0.29) is 57.6 Å². The molecule has 9 N–H and O–H groups in total. The average molecular weight is 862 g/mol. The van der Waals surface area contributed by atoms with E-state index in [1.165, 1.54) is 19.1 Å². The van der Waals surface area contributed by atoms with Crippen LogP contribution in [0.3, 0.4) is 0 Å². The van der Waals surface area contributed by atoms with Crippen molar-refractivity contribution in [3.63, 3.8) is 0 Å². The van der Waals surface area contributed by atoms with Crippen LogP contribution in [0.5, 0.6) is 0 Å². The Morgan fingerprint density at radius 3 is 1.42 bits per heavy atom. The minimum Gasteiger partial charge on any atom is -0.383 e. The van der Waals surface area contributed by atoms with Crippen LogP contribution in [0.25, 0.3) is 12.2 Å². The van der Waals surface area contributed by atoms with Gasteiger partial charge in [-0.2, -0.15) is 38.3 Å². The molecule has 20 nitrogen and oxygen atoms in total. The van der Waals surface area contributed by atoms with Gasteiger partial charge in [0.05, 0.1) is 13.2 Å². The second-order valence-electron chi connectivity index (χ2n) is 13.2. The third-order valence-electron chi connectivity index (χ3n) is 8.59. The first-order valence-electron chi connectivity index (χ1n) is 18.8. The number of nitrogens with two attached hydrogens (primary N) is 1. The summed E-state index contributed by atoms with van der Waals surface area (Å²) in [4.78, 5) is 49.4. The Kier molecular flexibility index (Phi) is 14.6. The number of amides is 1. The highest BCUT2D eigenvalue weighted by molar-refractivity contribution is 7.86. The number of aromatic nitrogens is 6. The normalized spacial score (nSPS) is 11.2. The number of Topliss-reactive ketones (excluding diaryl/α,β-unsaturated/α-hetero) is 1. The second-order valence-corrected chi connectivity index (χ2v) is 14.6. The molecule has 0 unspecified atom stereocenters. The molecule has 21 heteroatoms. The number of anilines is 10. The molecule has 0 saturated carbocycles. The maximum Gasteiger partial charge on any atom is 0.295 e. The summed E-state index contributed by atoms with van der Waals surface area (Å²) in [6.45, 7) is 3.12. The molecule has 2 heterocycles. The molecule has 0 aliphatic heterocycles. The van der Waals surface area contributed by atoms with Gasteiger partial charge in [0, 0.05) is 61.2 Å². The van der Waals surface area contributed by atoms with Crippen LogP contribution in [0.15, 0.2) is 95.9 Å². The number of benzene rings is 4. The van der Waals surface area contributed by atoms with Gasteiger partial charge >= 0.3 is 0 Å². The maximum absolute atomic E-state index is 12.6. The summed E-state index contributed by atoms with van der Waals surface area (Å²) in [5.41, 5.74) is 9.35. The smallest absolute Gasteiger partial charge is 0.295 e. The lowest BCUT2D eigenvalue weighted by molar-refractivity contribution is 0.0996. The fraction of sp³-hybridized carbons (Fsp3) is 0.171. The average Bonchev–Trinajstić information content (AvgIpc) is 3.24. The van der Waals surface area contributed by atoms with E-state index in [2.05, 4.69) is 61.8 Å². The molecule has 0 fully saturated rings. The van der Waals surface area contributed by atoms with Crippen LogP contribution >= 0.6 is 0 Å². The van der Waals surface area contributed by atoms with Gasteiger partial charge in [0.1, 0.15) is 4.90 Å². The van der Waals surface area contributed by atoms with Gasteiger partial charge in [-0.25, -0.2) is 0 Å². The first kappa shape index (κ1) is 44.0. The van der Waals surface area contributed by atoms with Crippen molar-refractivity contribution in [2.75, 3.05) is 72.4 Å². The summed E-state index contributed by atoms with van der Waals surface area (Å²) >= 11 is 0. The van der Waals surface area contributed by atoms with E-state index in [1.807, 2.05) is 0 Å². The molecule has 2 aromatic heterocycles. The van der Waals surface area contributed by atoms with E-state index in [0.717, 1.165) is 0 Å². The molecular weight excluding hydrogens is 819 g/mol. The van der Waals surface area contributed by atoms with Crippen molar-refractivity contribution in [1.29, 1.82) is 0 Å². The Labute approximate surface area is 356 Å². The van der Waals surface area contributed by atoms with Gasteiger partial charge in [-0.3, -0.25) is 14.1 Å². The lowest BCUT2D eigenvalue weighted by atomic mass is 10.1. The van der Waals surface area contributed by atoms with Gasteiger partial charge < -0.3 is 47.1 Å². The van der Waals surface area contributed by atoms with Crippen molar-refractivity contribution in [2.45, 2.75) is 11.8 Å². The molecular formula is C41H43N13O7S. The Balaban J connectivity index is 1.18. The number of methoxy groups -OCH3 is 2. The van der Waals surface area contributed by atoms with Gasteiger partial charge in [-0.15, -0.1) is 0 Å². The van der Waals surface area contributed by atoms with Crippen LogP contribution in [-0.2, 0) is 19.6 Å². The third-order valence-corrected chi connectivity index (χ3v) is 9.50. The van der Waals surface area contributed by atoms with E-state index in [0.29, 0.717) is 60.1 Å². The summed E-state index contributed by atoms with van der Waals surface area (Å²) in [6, 6.07) is 24.9. The molecule has 62 heavy (non-hydrogen) atoms. The molecule has 6 aromatic rings. The highest BCUT2D eigenvalue weighted by Gasteiger charge is 2.17. The fourth-order valence-electron chi connectivity index (χ4n) is 5.52. The summed E-state index contributed by atoms with van der Waals surface area (Å²) in [6.07, 6.45) is 3.26. The molecule has 0 aliphatic carbocycles. The van der Waals surface area contributed by atoms with Gasteiger partial charge in [-0.05, 0) is 90.8 Å². The zero-order valence-corrected chi connectivity index (χ0v) is 34.5. The summed E-state index contributed by atoms with van der Waals surface area (Å²) in [7, 11) is -1.54. The van der Waals surface area contributed by atoms with Crippen LogP contribution in [0.4, 0.5) is 58.4 Å². The highest BCUT2D eigenvalue weighted by Crippen LogP contribution is 2.27. The number of nitrogens with one attached hydrogen (secondary N) is 6. The van der Waals surface area contributed by atoms with Crippen molar-refractivity contribution in [2.24, 2.45) is 5.73 Å². The summed E-state index contributed by atoms with van der Waals surface area (Å²) in [5.74, 6) is 0.574. The lowest BCUT2D eigenvalue weighted by Crippen LogP contribution is -2.13. The quantitative estimate of drug-likeness (QED) is 0.0182. The number of carbonyl (C=O) groups excluding carboxylic acids is 2. The van der Waals surface area contributed by atoms with E-state index in [9.17, 15) is 22.6 Å². The molecule has 1 amide bonds. The Bertz CT molecular complexity index is 2650. The van der Waals surface area contributed by atoms with E-state index in [4.69, 9.17) is 15.2 Å². The van der Waals surface area contributed by atoms with Crippen molar-refractivity contribution < 1.29 is 32.0 Å². The largest absolute Gasteiger partial charge is 0.383 e. The predicted octanol–water partition coefficient (Wildman–Crippen LogP) is 5.87. The third kappa shape index (κ3) is 12.7. The molecule has 0 spiro atoms. The summed E-state index contributed by atoms with van der Waals surface area (Å²) < 4.78 is 45.7. The number of hydrogen-bond donors (Lipinski definition) is 8. The Morgan fingerprint density at radius 1 is 0.597 bits per heavy atom. The second kappa shape index (κ2) is 20.6. The SMILES string of the molecule is COCCNc1nc(Nc2ccc(/C=C/c3ccc(Nc4nc(NCCOC)nc(Nc5ccc(C(C)=O)cc5)n4)cc3S(=O)(=O)O)cc2)nc(Nc2ccc(C(N)=O)cc2)n1. The summed E-state index contributed by atoms with van der Waals surface area (Å²) in [5, 5.41) is 18.5. The van der Waals surface area contributed by atoms with Crippen molar-refractivity contribution in [3.8, 4) is 0 Å². The zero-order chi connectivity index (χ0) is 44.1. The molecule has 0 bridgehead atoms. The molecule has 6 rings (SSSR count). The molecule has 0 radical (unpaired) electrons. The first-order valence-corrected chi connectivity index (χ1v) is 20.3. The number of ether oxygens (including phenoxy) is 2. The molecule has 0 aliphatic rings. The number of primary amides is 1. The van der Waals surface area contributed by atoms with Crippen LogP contribution in [0.2, 0.25) is 0 Å². The van der Waals surface area contributed by atoms with Gasteiger partial charge in [0.2, 0.25) is 41.6 Å². The first-order chi connectivity index (χ1) is 29.8. The van der Waals surface area contributed by atoms with Crippen molar-refractivity contribution >= 4 is 92.4 Å². The Morgan fingerprint density at radius 2 is 1.00 bits per heavy atom. The van der Waals surface area contributed by atoms with Crippen LogP contribution < -0.4 is 37.6 Å². The highest BCUT2D eigenvalue weighted by atomic mass is 32.2. The predicted molar refractivity (Wildman–Crippen MR) is 237 cm³/mol. The molecule has 0 atom stereocenters. The van der Waals surface area contributed by atoms with Crippen LogP contribution in [-0.4, -0.2) is 95.1 Å². The zero-order valence-electron chi connectivity index (χ0n) is 33.7. The maximum atomic E-state index is 12.6. The van der Waals surface area contributed by atoms with E-state index >= 15 is 0 Å². The van der Waals surface area contributed by atoms with Gasteiger partial charge in [0.25, 0.3) is 10.1 Å². The van der Waals surface area contributed by atoms with Crippen molar-refractivity contribution in [1.82, 2.24) is 29.9 Å². The van der Waals surface area contributed by atoms with Gasteiger partial charge in [0.15, 0.2) is 5.78 Å². The fourth-order valence-corrected chi connectivity index (χ4v) is 6.23. The molecule has 4 aromatic carbocycles. The number of carbonyl (C=O) groups is 2. The lowest BCUT2D eigenvalue weighted by Gasteiger charge is -2.13. The molecule has 320 valence electrons. The van der Waals surface area contributed by atoms with E-state index < -0.39 is 16.0 Å². The van der Waals surface area contributed by atoms with Crippen LogP contribution in [0.1, 0.15) is 38.8 Å². The molecule has 0 saturated heterocycles. The van der Waals surface area contributed by atoms with E-state index in [1.54, 1.807) is 105 Å². The number of nitrogens with zero attached hydrogens (tertiary/aromatic N) is 6. The monoisotopic (exact) mass is 861 g/mol. The van der Waals surface area contributed by atoms with Crippen molar-refractivity contribution in [3.05, 3.63) is 113 Å². The van der Waals surface area contributed by atoms with Gasteiger partial charge in [-0.1, -0.05) is 30.4 Å². The minimum absolute atomic E-state index is 0.0700.